The van der Waals surface area contributed by atoms with Crippen molar-refractivity contribution >= 4 is 17.2 Å². The van der Waals surface area contributed by atoms with Gasteiger partial charge in [0.05, 0.1) is 17.4 Å². The second-order valence-electron chi connectivity index (χ2n) is 7.10. The second-order valence-corrected chi connectivity index (χ2v) is 7.88. The van der Waals surface area contributed by atoms with E-state index in [9.17, 15) is 14.4 Å². The van der Waals surface area contributed by atoms with Crippen molar-refractivity contribution in [1.29, 1.82) is 0 Å². The highest BCUT2D eigenvalue weighted by molar-refractivity contribution is 7.08. The summed E-state index contributed by atoms with van der Waals surface area (Å²) in [5.74, 6) is 0.273. The van der Waals surface area contributed by atoms with Crippen molar-refractivity contribution in [1.82, 2.24) is 24.6 Å². The number of aromatic nitrogens is 4. The van der Waals surface area contributed by atoms with Gasteiger partial charge >= 0.3 is 0 Å². The fourth-order valence-corrected chi connectivity index (χ4v) is 4.24. The monoisotopic (exact) mass is 411 g/mol. The van der Waals surface area contributed by atoms with Crippen LogP contribution in [0, 0.1) is 6.92 Å². The van der Waals surface area contributed by atoms with E-state index in [1.807, 2.05) is 16.8 Å². The number of piperidine rings is 1. The van der Waals surface area contributed by atoms with E-state index in [1.165, 1.54) is 28.2 Å². The first-order valence-corrected chi connectivity index (χ1v) is 10.4. The van der Waals surface area contributed by atoms with E-state index >= 15 is 0 Å². The third kappa shape index (κ3) is 4.19. The number of nitrogens with one attached hydrogen (secondary N) is 1. The van der Waals surface area contributed by atoms with E-state index < -0.39 is 0 Å². The number of thiophene rings is 1. The molecule has 1 atom stereocenters. The zero-order valence-electron chi connectivity index (χ0n) is 16.0. The fraction of sp³-hybridized carbons (Fsp3) is 0.350. The summed E-state index contributed by atoms with van der Waals surface area (Å²) in [6.45, 7) is 2.19. The number of nitrogens with zero attached hydrogens (tertiary/aromatic N) is 4. The second kappa shape index (κ2) is 8.12. The number of hydrogen-bond donors (Lipinski definition) is 1. The Morgan fingerprint density at radius 3 is 2.93 bits per heavy atom. The molecule has 3 aromatic rings. The molecule has 0 aromatic carbocycles. The van der Waals surface area contributed by atoms with Crippen LogP contribution in [0.4, 0.5) is 0 Å². The van der Waals surface area contributed by atoms with Gasteiger partial charge in [0.1, 0.15) is 12.4 Å². The van der Waals surface area contributed by atoms with Gasteiger partial charge in [0.15, 0.2) is 0 Å². The predicted molar refractivity (Wildman–Crippen MR) is 110 cm³/mol. The Morgan fingerprint density at radius 2 is 2.14 bits per heavy atom. The number of carbonyl (C=O) groups excluding carboxylic acids is 1. The summed E-state index contributed by atoms with van der Waals surface area (Å²) in [6.07, 6.45) is 2.51. The molecule has 0 spiro atoms. The maximum Gasteiger partial charge on any atom is 0.267 e. The molecular formula is C20H21N5O3S. The third-order valence-corrected chi connectivity index (χ3v) is 5.68. The summed E-state index contributed by atoms with van der Waals surface area (Å²) in [5, 5.41) is 8.02. The lowest BCUT2D eigenvalue weighted by Gasteiger charge is -2.35. The lowest BCUT2D eigenvalue weighted by atomic mass is 10.0. The molecule has 0 bridgehead atoms. The standard InChI is InChI=1S/C20H21N5O3S/c1-13-5-6-18(27)25(23-13)11-19(28)24-8-3-2-4-16(24)20-21-15(10-17(26)22-20)14-7-9-29-12-14/h5-7,9-10,12,16H,2-4,8,11H2,1H3,(H,21,22,26). The number of aryl methyl sites for hydroxylation is 1. The molecule has 1 saturated heterocycles. The maximum absolute atomic E-state index is 13.0. The van der Waals surface area contributed by atoms with Gasteiger partial charge in [-0.3, -0.25) is 14.4 Å². The SMILES string of the molecule is Cc1ccc(=O)n(CC(=O)N2CCCCC2c2nc(-c3ccsc3)cc(=O)[nH]2)n1. The lowest BCUT2D eigenvalue weighted by molar-refractivity contribution is -0.136. The molecule has 1 aliphatic rings. The minimum atomic E-state index is -0.331. The lowest BCUT2D eigenvalue weighted by Crippen LogP contribution is -2.43. The molecule has 150 valence electrons. The average molecular weight is 411 g/mol. The Hall–Kier alpha value is -3.07. The minimum Gasteiger partial charge on any atom is -0.331 e. The third-order valence-electron chi connectivity index (χ3n) is 5.00. The van der Waals surface area contributed by atoms with E-state index in [0.717, 1.165) is 18.4 Å². The first-order chi connectivity index (χ1) is 14.0. The summed E-state index contributed by atoms with van der Waals surface area (Å²) in [5.41, 5.74) is 1.59. The minimum absolute atomic E-state index is 0.133. The molecule has 1 aliphatic heterocycles. The Balaban J connectivity index is 1.64. The molecule has 0 aliphatic carbocycles. The van der Waals surface area contributed by atoms with Gasteiger partial charge in [-0.1, -0.05) is 0 Å². The van der Waals surface area contributed by atoms with Crippen molar-refractivity contribution in [3.05, 3.63) is 67.3 Å². The maximum atomic E-state index is 13.0. The summed E-state index contributed by atoms with van der Waals surface area (Å²) >= 11 is 1.53. The molecule has 1 N–H and O–H groups in total. The number of amides is 1. The van der Waals surface area contributed by atoms with E-state index in [4.69, 9.17) is 0 Å². The first-order valence-electron chi connectivity index (χ1n) is 9.49. The largest absolute Gasteiger partial charge is 0.331 e. The van der Waals surface area contributed by atoms with E-state index in [-0.39, 0.29) is 29.6 Å². The fourth-order valence-electron chi connectivity index (χ4n) is 3.59. The molecule has 29 heavy (non-hydrogen) atoms. The zero-order valence-corrected chi connectivity index (χ0v) is 16.8. The molecular weight excluding hydrogens is 390 g/mol. The Morgan fingerprint density at radius 1 is 1.28 bits per heavy atom. The topological polar surface area (TPSA) is 101 Å². The van der Waals surface area contributed by atoms with Crippen molar-refractivity contribution in [2.75, 3.05) is 6.54 Å². The molecule has 4 heterocycles. The number of hydrogen-bond acceptors (Lipinski definition) is 6. The van der Waals surface area contributed by atoms with Crippen LogP contribution in [-0.4, -0.2) is 37.1 Å². The van der Waals surface area contributed by atoms with E-state index in [0.29, 0.717) is 30.2 Å². The molecule has 9 heteroatoms. The first kappa shape index (κ1) is 19.3. The molecule has 0 radical (unpaired) electrons. The van der Waals surface area contributed by atoms with Crippen LogP contribution in [0.5, 0.6) is 0 Å². The molecule has 3 aromatic heterocycles. The van der Waals surface area contributed by atoms with Gasteiger partial charge in [-0.25, -0.2) is 9.67 Å². The predicted octanol–water partition coefficient (Wildman–Crippen LogP) is 2.12. The van der Waals surface area contributed by atoms with Gasteiger partial charge < -0.3 is 9.88 Å². The van der Waals surface area contributed by atoms with Crippen molar-refractivity contribution < 1.29 is 4.79 Å². The van der Waals surface area contributed by atoms with Crippen molar-refractivity contribution in [3.8, 4) is 11.3 Å². The molecule has 1 fully saturated rings. The average Bonchev–Trinajstić information content (AvgIpc) is 3.25. The summed E-state index contributed by atoms with van der Waals surface area (Å²) < 4.78 is 1.18. The van der Waals surface area contributed by atoms with Crippen LogP contribution in [0.2, 0.25) is 0 Å². The number of H-pyrrole nitrogens is 1. The summed E-state index contributed by atoms with van der Waals surface area (Å²) in [6, 6.07) is 6.08. The van der Waals surface area contributed by atoms with Crippen LogP contribution in [0.1, 0.15) is 36.8 Å². The van der Waals surface area contributed by atoms with Crippen LogP contribution in [0.25, 0.3) is 11.3 Å². The Labute approximate surface area is 170 Å². The van der Waals surface area contributed by atoms with Crippen molar-refractivity contribution in [2.45, 2.75) is 38.8 Å². The van der Waals surface area contributed by atoms with Crippen LogP contribution in [0.3, 0.4) is 0 Å². The number of rotatable bonds is 4. The van der Waals surface area contributed by atoms with Crippen LogP contribution < -0.4 is 11.1 Å². The van der Waals surface area contributed by atoms with E-state index in [2.05, 4.69) is 15.1 Å². The Bertz CT molecular complexity index is 1140. The van der Waals surface area contributed by atoms with Gasteiger partial charge in [0.25, 0.3) is 11.1 Å². The van der Waals surface area contributed by atoms with Crippen molar-refractivity contribution in [3.63, 3.8) is 0 Å². The highest BCUT2D eigenvalue weighted by Gasteiger charge is 2.30. The molecule has 4 rings (SSSR count). The summed E-state index contributed by atoms with van der Waals surface area (Å²) in [7, 11) is 0. The number of likely N-dealkylation sites (tertiary alicyclic amines) is 1. The smallest absolute Gasteiger partial charge is 0.267 e. The quantitative estimate of drug-likeness (QED) is 0.709. The van der Waals surface area contributed by atoms with Crippen molar-refractivity contribution in [2.24, 2.45) is 0 Å². The van der Waals surface area contributed by atoms with E-state index in [1.54, 1.807) is 17.9 Å². The summed E-state index contributed by atoms with van der Waals surface area (Å²) in [4.78, 5) is 46.5. The van der Waals surface area contributed by atoms with Gasteiger partial charge in [-0.2, -0.15) is 16.4 Å². The molecule has 1 unspecified atom stereocenters. The van der Waals surface area contributed by atoms with Crippen LogP contribution >= 0.6 is 11.3 Å². The highest BCUT2D eigenvalue weighted by Crippen LogP contribution is 2.30. The van der Waals surface area contributed by atoms with Gasteiger partial charge in [0.2, 0.25) is 5.91 Å². The highest BCUT2D eigenvalue weighted by atomic mass is 32.1. The Kier molecular flexibility index (Phi) is 5.39. The molecule has 0 saturated carbocycles. The molecule has 8 nitrogen and oxygen atoms in total. The number of aromatic amines is 1. The molecule has 1 amide bonds. The zero-order chi connectivity index (χ0) is 20.4. The number of carbonyl (C=O) groups is 1. The van der Waals surface area contributed by atoms with Gasteiger partial charge in [-0.05, 0) is 43.7 Å². The van der Waals surface area contributed by atoms with Gasteiger partial charge in [0, 0.05) is 29.6 Å². The van der Waals surface area contributed by atoms with Crippen LogP contribution in [-0.2, 0) is 11.3 Å². The normalized spacial score (nSPS) is 16.7. The van der Waals surface area contributed by atoms with Gasteiger partial charge in [-0.15, -0.1) is 0 Å². The van der Waals surface area contributed by atoms with Crippen LogP contribution in [0.15, 0.2) is 44.6 Å².